The fraction of sp³-hybridized carbons (Fsp3) is 0.250. The van der Waals surface area contributed by atoms with Crippen LogP contribution in [0.1, 0.15) is 27.4 Å². The molecule has 23 heavy (non-hydrogen) atoms. The van der Waals surface area contributed by atoms with Crippen LogP contribution in [0.3, 0.4) is 0 Å². The van der Waals surface area contributed by atoms with Crippen LogP contribution in [-0.4, -0.2) is 33.6 Å². The molecule has 1 aromatic carbocycles. The van der Waals surface area contributed by atoms with Gasteiger partial charge in [-0.3, -0.25) is 4.79 Å². The number of amides is 1. The van der Waals surface area contributed by atoms with Gasteiger partial charge in [0.2, 0.25) is 0 Å². The number of nitrogens with one attached hydrogen (secondary N) is 1. The van der Waals surface area contributed by atoms with Crippen LogP contribution >= 0.6 is 0 Å². The number of aryl methyl sites for hydroxylation is 3. The number of hydrogen-bond donors (Lipinski definition) is 2. The molecule has 7 nitrogen and oxygen atoms in total. The molecule has 0 aliphatic rings. The smallest absolute Gasteiger partial charge is 0.341 e. The fourth-order valence-electron chi connectivity index (χ4n) is 2.01. The number of rotatable bonds is 5. The lowest BCUT2D eigenvalue weighted by Crippen LogP contribution is -2.16. The molecule has 0 fully saturated rings. The maximum Gasteiger partial charge on any atom is 0.341 e. The van der Waals surface area contributed by atoms with E-state index >= 15 is 0 Å². The number of ether oxygens (including phenoxy) is 1. The molecule has 0 spiro atoms. The summed E-state index contributed by atoms with van der Waals surface area (Å²) in [6.45, 7) is 4.89. The van der Waals surface area contributed by atoms with Crippen molar-refractivity contribution in [3.8, 4) is 5.75 Å². The normalized spacial score (nSPS) is 10.2. The zero-order chi connectivity index (χ0) is 17.0. The number of benzene rings is 1. The van der Waals surface area contributed by atoms with E-state index in [2.05, 4.69) is 15.3 Å². The van der Waals surface area contributed by atoms with Gasteiger partial charge in [-0.2, -0.15) is 0 Å². The molecule has 0 saturated carbocycles. The van der Waals surface area contributed by atoms with Gasteiger partial charge in [0.25, 0.3) is 5.91 Å². The minimum atomic E-state index is -1.05. The summed E-state index contributed by atoms with van der Waals surface area (Å²) in [5, 5.41) is 11.4. The topological polar surface area (TPSA) is 101 Å². The molecule has 1 heterocycles. The molecule has 7 heteroatoms. The van der Waals surface area contributed by atoms with Crippen LogP contribution in [0, 0.1) is 20.8 Å². The fourth-order valence-corrected chi connectivity index (χ4v) is 2.01. The predicted molar refractivity (Wildman–Crippen MR) is 83.8 cm³/mol. The lowest BCUT2D eigenvalue weighted by molar-refractivity contribution is -0.139. The first-order valence-corrected chi connectivity index (χ1v) is 6.93. The van der Waals surface area contributed by atoms with Gasteiger partial charge in [0.1, 0.15) is 11.6 Å². The van der Waals surface area contributed by atoms with E-state index in [-0.39, 0.29) is 5.91 Å². The molecule has 1 aromatic heterocycles. The highest BCUT2D eigenvalue weighted by atomic mass is 16.5. The molecule has 0 aliphatic heterocycles. The van der Waals surface area contributed by atoms with E-state index in [1.807, 2.05) is 0 Å². The standard InChI is InChI=1S/C16H17N3O4/c1-9-6-12(23-8-15(20)21)4-5-14(9)19-16(22)13-7-17-11(3)18-10(13)2/h4-7H,8H2,1-3H3,(H,19,22)(H,20,21). The van der Waals surface area contributed by atoms with Crippen molar-refractivity contribution in [2.75, 3.05) is 11.9 Å². The second-order valence-electron chi connectivity index (χ2n) is 5.03. The number of nitrogens with zero attached hydrogens (tertiary/aromatic N) is 2. The first-order chi connectivity index (χ1) is 10.9. The summed E-state index contributed by atoms with van der Waals surface area (Å²) in [5.74, 6) is -0.312. The number of carbonyl (C=O) groups excluding carboxylic acids is 1. The van der Waals surface area contributed by atoms with E-state index in [4.69, 9.17) is 9.84 Å². The lowest BCUT2D eigenvalue weighted by atomic mass is 10.1. The molecule has 0 aliphatic carbocycles. The number of carboxylic acids is 1. The van der Waals surface area contributed by atoms with Gasteiger partial charge in [0, 0.05) is 11.9 Å². The van der Waals surface area contributed by atoms with E-state index in [1.54, 1.807) is 39.0 Å². The van der Waals surface area contributed by atoms with Crippen LogP contribution in [0.4, 0.5) is 5.69 Å². The summed E-state index contributed by atoms with van der Waals surface area (Å²) in [7, 11) is 0. The third-order valence-corrected chi connectivity index (χ3v) is 3.15. The van der Waals surface area contributed by atoms with E-state index < -0.39 is 12.6 Å². The highest BCUT2D eigenvalue weighted by Gasteiger charge is 2.12. The second kappa shape index (κ2) is 6.87. The summed E-state index contributed by atoms with van der Waals surface area (Å²) < 4.78 is 5.09. The Bertz CT molecular complexity index is 759. The number of hydrogen-bond acceptors (Lipinski definition) is 5. The Balaban J connectivity index is 2.13. The number of carbonyl (C=O) groups is 2. The van der Waals surface area contributed by atoms with Crippen molar-refractivity contribution in [1.82, 2.24) is 9.97 Å². The monoisotopic (exact) mass is 315 g/mol. The molecule has 0 bridgehead atoms. The number of aliphatic carboxylic acids is 1. The van der Waals surface area contributed by atoms with Gasteiger partial charge in [-0.1, -0.05) is 0 Å². The Kier molecular flexibility index (Phi) is 4.90. The Labute approximate surface area is 133 Å². The summed E-state index contributed by atoms with van der Waals surface area (Å²) in [5.41, 5.74) is 2.37. The zero-order valence-corrected chi connectivity index (χ0v) is 13.1. The molecule has 2 rings (SSSR count). The molecule has 0 atom stereocenters. The minimum Gasteiger partial charge on any atom is -0.482 e. The summed E-state index contributed by atoms with van der Waals surface area (Å²) in [6, 6.07) is 4.93. The SMILES string of the molecule is Cc1ncc(C(=O)Nc2ccc(OCC(=O)O)cc2C)c(C)n1. The highest BCUT2D eigenvalue weighted by Crippen LogP contribution is 2.22. The quantitative estimate of drug-likeness (QED) is 0.876. The average Bonchev–Trinajstić information content (AvgIpc) is 2.47. The van der Waals surface area contributed by atoms with Crippen LogP contribution in [0.25, 0.3) is 0 Å². The lowest BCUT2D eigenvalue weighted by Gasteiger charge is -2.11. The average molecular weight is 315 g/mol. The first kappa shape index (κ1) is 16.4. The van der Waals surface area contributed by atoms with Crippen molar-refractivity contribution in [3.63, 3.8) is 0 Å². The highest BCUT2D eigenvalue weighted by molar-refractivity contribution is 6.05. The maximum atomic E-state index is 12.3. The molecular weight excluding hydrogens is 298 g/mol. The van der Waals surface area contributed by atoms with Crippen molar-refractivity contribution in [2.24, 2.45) is 0 Å². The Morgan fingerprint density at radius 2 is 2.00 bits per heavy atom. The van der Waals surface area contributed by atoms with Gasteiger partial charge in [-0.05, 0) is 44.5 Å². The summed E-state index contributed by atoms with van der Waals surface area (Å²) in [6.07, 6.45) is 1.49. The molecular formula is C16H17N3O4. The summed E-state index contributed by atoms with van der Waals surface area (Å²) >= 11 is 0. The minimum absolute atomic E-state index is 0.301. The van der Waals surface area contributed by atoms with E-state index in [9.17, 15) is 9.59 Å². The summed E-state index contributed by atoms with van der Waals surface area (Å²) in [4.78, 5) is 31.0. The molecule has 0 saturated heterocycles. The second-order valence-corrected chi connectivity index (χ2v) is 5.03. The van der Waals surface area contributed by atoms with Gasteiger partial charge >= 0.3 is 5.97 Å². The maximum absolute atomic E-state index is 12.3. The van der Waals surface area contributed by atoms with Gasteiger partial charge in [-0.25, -0.2) is 14.8 Å². The molecule has 2 aromatic rings. The van der Waals surface area contributed by atoms with Crippen molar-refractivity contribution in [2.45, 2.75) is 20.8 Å². The van der Waals surface area contributed by atoms with Gasteiger partial charge in [0.15, 0.2) is 6.61 Å². The number of carboxylic acid groups (broad SMARTS) is 1. The van der Waals surface area contributed by atoms with E-state index in [0.29, 0.717) is 28.5 Å². The largest absolute Gasteiger partial charge is 0.482 e. The van der Waals surface area contributed by atoms with E-state index in [0.717, 1.165) is 5.56 Å². The van der Waals surface area contributed by atoms with Gasteiger partial charge < -0.3 is 15.2 Å². The van der Waals surface area contributed by atoms with Crippen molar-refractivity contribution >= 4 is 17.6 Å². The third kappa shape index (κ3) is 4.26. The Morgan fingerprint density at radius 3 is 2.61 bits per heavy atom. The number of anilines is 1. The van der Waals surface area contributed by atoms with Gasteiger partial charge in [-0.15, -0.1) is 0 Å². The molecule has 2 N–H and O–H groups in total. The van der Waals surface area contributed by atoms with Crippen LogP contribution in [-0.2, 0) is 4.79 Å². The van der Waals surface area contributed by atoms with E-state index in [1.165, 1.54) is 6.20 Å². The van der Waals surface area contributed by atoms with Crippen LogP contribution in [0.5, 0.6) is 5.75 Å². The molecule has 0 unspecified atom stereocenters. The van der Waals surface area contributed by atoms with Crippen LogP contribution < -0.4 is 10.1 Å². The predicted octanol–water partition coefficient (Wildman–Crippen LogP) is 2.12. The molecule has 120 valence electrons. The van der Waals surface area contributed by atoms with Crippen LogP contribution in [0.2, 0.25) is 0 Å². The van der Waals surface area contributed by atoms with Gasteiger partial charge in [0.05, 0.1) is 11.3 Å². The van der Waals surface area contributed by atoms with Crippen molar-refractivity contribution in [3.05, 3.63) is 47.0 Å². The number of aromatic nitrogens is 2. The van der Waals surface area contributed by atoms with Crippen molar-refractivity contribution < 1.29 is 19.4 Å². The third-order valence-electron chi connectivity index (χ3n) is 3.15. The zero-order valence-electron chi connectivity index (χ0n) is 13.1. The Morgan fingerprint density at radius 1 is 1.26 bits per heavy atom. The van der Waals surface area contributed by atoms with Crippen LogP contribution in [0.15, 0.2) is 24.4 Å². The molecule has 1 amide bonds. The Hall–Kier alpha value is -2.96. The molecule has 0 radical (unpaired) electrons. The first-order valence-electron chi connectivity index (χ1n) is 6.93. The van der Waals surface area contributed by atoms with Crippen molar-refractivity contribution in [1.29, 1.82) is 0 Å².